The molecule has 3 atom stereocenters. The average Bonchev–Trinajstić information content (AvgIpc) is 2.52. The van der Waals surface area contributed by atoms with E-state index in [2.05, 4.69) is 40.4 Å². The Morgan fingerprint density at radius 1 is 1.16 bits per heavy atom. The maximum Gasteiger partial charge on any atom is 0.192 e. The number of hydrogen-bond donors (Lipinski definition) is 1. The van der Waals surface area contributed by atoms with Crippen LogP contribution in [-0.2, 0) is 4.43 Å². The molecular weight excluding hydrogens is 332 g/mol. The second-order valence-corrected chi connectivity index (χ2v) is 12.7. The molecule has 4 nitrogen and oxygen atoms in total. The summed E-state index contributed by atoms with van der Waals surface area (Å²) in [5.41, 5.74) is 0. The van der Waals surface area contributed by atoms with Crippen LogP contribution in [0.2, 0.25) is 18.1 Å². The van der Waals surface area contributed by atoms with Crippen molar-refractivity contribution in [2.24, 2.45) is 0 Å². The Labute approximate surface area is 153 Å². The van der Waals surface area contributed by atoms with Gasteiger partial charge in [0.1, 0.15) is 23.7 Å². The fourth-order valence-electron chi connectivity index (χ4n) is 2.25. The molecule has 0 unspecified atom stereocenters. The number of aliphatic hydroxyl groups excluding tert-OH is 1. The highest BCUT2D eigenvalue weighted by Gasteiger charge is 2.42. The fraction of sp³-hybridized carbons (Fsp3) is 0.600. The normalized spacial score (nSPS) is 16.0. The fourth-order valence-corrected chi connectivity index (χ4v) is 3.63. The first-order chi connectivity index (χ1) is 11.5. The Hall–Kier alpha value is -1.30. The molecule has 0 spiro atoms. The van der Waals surface area contributed by atoms with Crippen LogP contribution in [0.1, 0.15) is 34.1 Å². The summed E-state index contributed by atoms with van der Waals surface area (Å²) in [4.78, 5) is 0. The SMILES string of the molecule is C=CC[C@@H](O)[C@@H](O[Si](C)(C)C(C)(C)C)[C@@H](C)Oc1ccc(OC)cc1. The minimum atomic E-state index is -2.05. The predicted octanol–water partition coefficient (Wildman–Crippen LogP) is 4.79. The van der Waals surface area contributed by atoms with E-state index < -0.39 is 20.5 Å². The summed E-state index contributed by atoms with van der Waals surface area (Å²) in [7, 11) is -0.417. The number of ether oxygens (including phenoxy) is 2. The smallest absolute Gasteiger partial charge is 0.192 e. The minimum absolute atomic E-state index is 0.0545. The second-order valence-electron chi connectivity index (χ2n) is 7.93. The molecule has 0 aromatic heterocycles. The first-order valence-corrected chi connectivity index (χ1v) is 11.7. The van der Waals surface area contributed by atoms with Gasteiger partial charge in [0.15, 0.2) is 8.32 Å². The zero-order valence-electron chi connectivity index (χ0n) is 16.7. The monoisotopic (exact) mass is 366 g/mol. The first-order valence-electron chi connectivity index (χ1n) is 8.79. The largest absolute Gasteiger partial charge is 0.497 e. The molecule has 142 valence electrons. The van der Waals surface area contributed by atoms with Crippen molar-refractivity contribution in [2.75, 3.05) is 7.11 Å². The van der Waals surface area contributed by atoms with Crippen LogP contribution in [0.3, 0.4) is 0 Å². The molecule has 0 saturated carbocycles. The third-order valence-electron chi connectivity index (χ3n) is 4.87. The van der Waals surface area contributed by atoms with Crippen LogP contribution in [0.4, 0.5) is 0 Å². The molecule has 0 saturated heterocycles. The Morgan fingerprint density at radius 2 is 1.68 bits per heavy atom. The number of benzene rings is 1. The average molecular weight is 367 g/mol. The highest BCUT2D eigenvalue weighted by molar-refractivity contribution is 6.74. The van der Waals surface area contributed by atoms with Gasteiger partial charge < -0.3 is 19.0 Å². The number of rotatable bonds is 9. The van der Waals surface area contributed by atoms with Gasteiger partial charge in [-0.25, -0.2) is 0 Å². The molecule has 25 heavy (non-hydrogen) atoms. The van der Waals surface area contributed by atoms with E-state index in [0.29, 0.717) is 6.42 Å². The molecule has 0 bridgehead atoms. The third-order valence-corrected chi connectivity index (χ3v) is 9.34. The highest BCUT2D eigenvalue weighted by atomic mass is 28.4. The Balaban J connectivity index is 2.95. The van der Waals surface area contributed by atoms with Gasteiger partial charge in [0, 0.05) is 0 Å². The second kappa shape index (κ2) is 8.88. The van der Waals surface area contributed by atoms with Crippen molar-refractivity contribution in [3.63, 3.8) is 0 Å². The van der Waals surface area contributed by atoms with Crippen molar-refractivity contribution in [1.82, 2.24) is 0 Å². The van der Waals surface area contributed by atoms with Crippen LogP contribution in [-0.4, -0.2) is 38.8 Å². The van der Waals surface area contributed by atoms with Gasteiger partial charge in [-0.2, -0.15) is 0 Å². The Morgan fingerprint density at radius 3 is 2.12 bits per heavy atom. The summed E-state index contributed by atoms with van der Waals surface area (Å²) < 4.78 is 17.7. The van der Waals surface area contributed by atoms with Gasteiger partial charge in [-0.15, -0.1) is 6.58 Å². The maximum atomic E-state index is 10.6. The van der Waals surface area contributed by atoms with E-state index in [1.165, 1.54) is 0 Å². The van der Waals surface area contributed by atoms with E-state index in [-0.39, 0.29) is 11.1 Å². The molecule has 0 fully saturated rings. The summed E-state index contributed by atoms with van der Waals surface area (Å²) in [6.45, 7) is 16.6. The lowest BCUT2D eigenvalue weighted by molar-refractivity contribution is -0.0324. The van der Waals surface area contributed by atoms with Crippen molar-refractivity contribution in [2.45, 2.75) is 70.6 Å². The molecule has 0 heterocycles. The number of hydrogen-bond acceptors (Lipinski definition) is 4. The molecule has 1 aromatic rings. The molecule has 0 radical (unpaired) electrons. The minimum Gasteiger partial charge on any atom is -0.497 e. The predicted molar refractivity (Wildman–Crippen MR) is 106 cm³/mol. The summed E-state index contributed by atoms with van der Waals surface area (Å²) >= 11 is 0. The number of methoxy groups -OCH3 is 1. The molecule has 0 aliphatic carbocycles. The molecule has 0 amide bonds. The van der Waals surface area contributed by atoms with Gasteiger partial charge in [-0.3, -0.25) is 0 Å². The van der Waals surface area contributed by atoms with Gasteiger partial charge in [0.05, 0.1) is 13.2 Å². The molecule has 0 aliphatic heterocycles. The molecule has 0 aliphatic rings. The molecule has 5 heteroatoms. The summed E-state index contributed by atoms with van der Waals surface area (Å²) in [5.74, 6) is 1.50. The van der Waals surface area contributed by atoms with Crippen LogP contribution < -0.4 is 9.47 Å². The molecular formula is C20H34O4Si. The quantitative estimate of drug-likeness (QED) is 0.504. The Bertz CT molecular complexity index is 534. The van der Waals surface area contributed by atoms with Gasteiger partial charge >= 0.3 is 0 Å². The van der Waals surface area contributed by atoms with Gasteiger partial charge in [-0.1, -0.05) is 26.8 Å². The third kappa shape index (κ3) is 6.17. The summed E-state index contributed by atoms with van der Waals surface area (Å²) in [5, 5.41) is 10.6. The lowest BCUT2D eigenvalue weighted by Gasteiger charge is -2.42. The molecule has 1 N–H and O–H groups in total. The van der Waals surface area contributed by atoms with E-state index in [9.17, 15) is 5.11 Å². The summed E-state index contributed by atoms with van der Waals surface area (Å²) in [6.07, 6.45) is 0.820. The van der Waals surface area contributed by atoms with Gasteiger partial charge in [0.2, 0.25) is 0 Å². The molecule has 1 rings (SSSR count). The lowest BCUT2D eigenvalue weighted by atomic mass is 10.1. The van der Waals surface area contributed by atoms with E-state index in [1.807, 2.05) is 31.2 Å². The van der Waals surface area contributed by atoms with E-state index in [0.717, 1.165) is 11.5 Å². The van der Waals surface area contributed by atoms with Crippen LogP contribution in [0.15, 0.2) is 36.9 Å². The lowest BCUT2D eigenvalue weighted by Crippen LogP contribution is -2.51. The number of aliphatic hydroxyl groups is 1. The van der Waals surface area contributed by atoms with Crippen LogP contribution >= 0.6 is 0 Å². The standard InChI is InChI=1S/C20H34O4Si/c1-9-10-18(21)19(24-25(7,8)20(3,4)5)15(2)23-17-13-11-16(22-6)12-14-17/h9,11-15,18-19,21H,1,10H2,2-8H3/t15-,18-,19+/m1/s1. The van der Waals surface area contributed by atoms with E-state index in [4.69, 9.17) is 13.9 Å². The van der Waals surface area contributed by atoms with E-state index >= 15 is 0 Å². The van der Waals surface area contributed by atoms with Crippen LogP contribution in [0.25, 0.3) is 0 Å². The topological polar surface area (TPSA) is 47.9 Å². The Kier molecular flexibility index (Phi) is 7.72. The van der Waals surface area contributed by atoms with Crippen molar-refractivity contribution in [3.8, 4) is 11.5 Å². The zero-order chi connectivity index (χ0) is 19.3. The summed E-state index contributed by atoms with van der Waals surface area (Å²) in [6, 6.07) is 7.43. The van der Waals surface area contributed by atoms with Crippen LogP contribution in [0.5, 0.6) is 11.5 Å². The maximum absolute atomic E-state index is 10.6. The highest BCUT2D eigenvalue weighted by Crippen LogP contribution is 2.38. The zero-order valence-corrected chi connectivity index (χ0v) is 17.7. The van der Waals surface area contributed by atoms with Crippen molar-refractivity contribution in [3.05, 3.63) is 36.9 Å². The molecule has 1 aromatic carbocycles. The first kappa shape index (κ1) is 21.7. The van der Waals surface area contributed by atoms with Crippen molar-refractivity contribution in [1.29, 1.82) is 0 Å². The van der Waals surface area contributed by atoms with Crippen molar-refractivity contribution < 1.29 is 19.0 Å². The van der Waals surface area contributed by atoms with Gasteiger partial charge in [0.25, 0.3) is 0 Å². The van der Waals surface area contributed by atoms with Crippen LogP contribution in [0, 0.1) is 0 Å². The van der Waals surface area contributed by atoms with Crippen molar-refractivity contribution >= 4 is 8.32 Å². The van der Waals surface area contributed by atoms with E-state index in [1.54, 1.807) is 13.2 Å². The van der Waals surface area contributed by atoms with Gasteiger partial charge in [-0.05, 0) is 55.7 Å².